The molecule has 70 heavy (non-hydrogen) atoms. The van der Waals surface area contributed by atoms with Gasteiger partial charge in [-0.15, -0.1) is 0 Å². The summed E-state index contributed by atoms with van der Waals surface area (Å²) in [6, 6.07) is 0. The van der Waals surface area contributed by atoms with E-state index in [4.69, 9.17) is 10.5 Å². The number of ether oxygens (including phenoxy) is 1. The minimum atomic E-state index is -2.06. The lowest BCUT2D eigenvalue weighted by Gasteiger charge is -2.73. The van der Waals surface area contributed by atoms with Crippen molar-refractivity contribution < 1.29 is 60.6 Å². The van der Waals surface area contributed by atoms with Crippen molar-refractivity contribution >= 4 is 5.78 Å². The Morgan fingerprint density at radius 1 is 0.957 bits per heavy atom. The van der Waals surface area contributed by atoms with E-state index in [1.165, 1.54) is 0 Å². The molecule has 14 N–H and O–H groups in total. The summed E-state index contributed by atoms with van der Waals surface area (Å²) in [5, 5.41) is 131. The standard InChI is InChI=1S/C55H83N3O12/c1-4-7-32-10-12-33-40(14-11-32)70-47-43(33)37(62)9-5-17-55(47,69)48(3,66)41-16-18-54(68)46-44(57-28-31(2)61)45(65)35-26-38(63)39(64)27-51(35)29-49(34-13-15-42(56)58-36(34)8-6-24-59)19-21-52(67,53(46,51)22-20-49)30-50(41,54)23-25-60/h13,15,19-22,31-33,35,37-43,47,57-64,66-69H,4-12,14,16-18,23-30,56H2,1-3H3. The highest BCUT2D eigenvalue weighted by Gasteiger charge is 2.84. The summed E-state index contributed by atoms with van der Waals surface area (Å²) in [6.07, 6.45) is 12.8. The van der Waals surface area contributed by atoms with Crippen molar-refractivity contribution in [3.8, 4) is 0 Å². The molecule has 15 heteroatoms. The molecule has 390 valence electrons. The van der Waals surface area contributed by atoms with Gasteiger partial charge < -0.3 is 72.2 Å². The van der Waals surface area contributed by atoms with Gasteiger partial charge in [-0.05, 0) is 140 Å². The molecule has 5 saturated carbocycles. The predicted molar refractivity (Wildman–Crippen MR) is 260 cm³/mol. The van der Waals surface area contributed by atoms with Crippen LogP contribution < -0.4 is 16.4 Å². The lowest BCUT2D eigenvalue weighted by atomic mass is 9.31. The molecule has 20 unspecified atom stereocenters. The summed E-state index contributed by atoms with van der Waals surface area (Å²) in [5.74, 6) is -2.34. The van der Waals surface area contributed by atoms with Gasteiger partial charge in [-0.1, -0.05) is 56.6 Å². The molecule has 2 bridgehead atoms. The van der Waals surface area contributed by atoms with Gasteiger partial charge in [0, 0.05) is 59.1 Å². The van der Waals surface area contributed by atoms with Crippen LogP contribution in [-0.2, 0) is 9.53 Å². The normalized spacial score (nSPS) is 49.4. The largest absolute Gasteiger partial charge is 0.396 e. The lowest BCUT2D eigenvalue weighted by Crippen LogP contribution is -2.77. The Kier molecular flexibility index (Phi) is 13.0. The molecule has 2 aliphatic heterocycles. The fraction of sp³-hybridized carbons (Fsp3) is 0.800. The first kappa shape index (κ1) is 51.0. The Labute approximate surface area is 413 Å². The second kappa shape index (κ2) is 17.8. The number of allylic oxidation sites excluding steroid dienone is 6. The molecule has 1 saturated heterocycles. The number of hydrogen-bond acceptors (Lipinski definition) is 15. The Bertz CT molecular complexity index is 2210. The molecule has 11 aliphatic rings. The SMILES string of the molecule is CCCC1CCC2OC3C(C(O)CCCC3(O)C(C)(O)C3CCC4(O)C5=C(NCC(C)O)C(=O)C6CC(O)C(O)CC67CC6(C8=C(CCCO)NC(N)C=C8)C=CC(O)(CC34CCO)C57C=C6)C2CC1. The van der Waals surface area contributed by atoms with Crippen LogP contribution in [0.5, 0.6) is 0 Å². The number of rotatable bonds is 13. The maximum Gasteiger partial charge on any atom is 0.182 e. The number of nitrogens with two attached hydrogens (primary N) is 1. The van der Waals surface area contributed by atoms with Crippen molar-refractivity contribution in [2.75, 3.05) is 19.8 Å². The first-order valence-electron chi connectivity index (χ1n) is 27.1. The van der Waals surface area contributed by atoms with Gasteiger partial charge in [0.1, 0.15) is 5.60 Å². The third-order valence-corrected chi connectivity index (χ3v) is 21.0. The first-order chi connectivity index (χ1) is 33.2. The van der Waals surface area contributed by atoms with Gasteiger partial charge in [0.25, 0.3) is 0 Å². The molecule has 9 aliphatic carbocycles. The maximum atomic E-state index is 15.9. The van der Waals surface area contributed by atoms with E-state index in [-0.39, 0.29) is 87.8 Å². The molecule has 20 atom stereocenters. The molecular weight excluding hydrogens is 895 g/mol. The number of fused-ring (bicyclic) bond motifs is 5. The van der Waals surface area contributed by atoms with Crippen LogP contribution >= 0.6 is 0 Å². The van der Waals surface area contributed by atoms with Crippen LogP contribution in [-0.4, -0.2) is 142 Å². The van der Waals surface area contributed by atoms with Gasteiger partial charge in [-0.3, -0.25) is 4.79 Å². The third kappa shape index (κ3) is 6.91. The minimum absolute atomic E-state index is 0.00542. The van der Waals surface area contributed by atoms with Gasteiger partial charge in [0.2, 0.25) is 0 Å². The van der Waals surface area contributed by atoms with Gasteiger partial charge in [-0.2, -0.15) is 0 Å². The van der Waals surface area contributed by atoms with E-state index in [1.54, 1.807) is 19.9 Å². The Morgan fingerprint density at radius 2 is 1.71 bits per heavy atom. The zero-order valence-electron chi connectivity index (χ0n) is 41.6. The highest BCUT2D eigenvalue weighted by molar-refractivity contribution is 6.01. The van der Waals surface area contributed by atoms with Crippen LogP contribution in [0.15, 0.2) is 59.0 Å². The number of nitrogens with one attached hydrogen (secondary N) is 2. The van der Waals surface area contributed by atoms with Crippen LogP contribution in [0, 0.1) is 51.2 Å². The molecule has 15 nitrogen and oxygen atoms in total. The Hall–Kier alpha value is -2.51. The quantitative estimate of drug-likeness (QED) is 0.118. The molecule has 6 fully saturated rings. The van der Waals surface area contributed by atoms with Crippen LogP contribution in [0.4, 0.5) is 0 Å². The van der Waals surface area contributed by atoms with Crippen molar-refractivity contribution in [3.05, 3.63) is 59.0 Å². The number of dihydropyridines is 1. The van der Waals surface area contributed by atoms with Crippen molar-refractivity contribution in [2.24, 2.45) is 57.0 Å². The Balaban J connectivity index is 1.18. The minimum Gasteiger partial charge on any atom is -0.396 e. The van der Waals surface area contributed by atoms with E-state index in [1.807, 2.05) is 30.4 Å². The second-order valence-corrected chi connectivity index (χ2v) is 24.4. The van der Waals surface area contributed by atoms with Crippen LogP contribution in [0.3, 0.4) is 0 Å². The van der Waals surface area contributed by atoms with Gasteiger partial charge in [-0.25, -0.2) is 0 Å². The van der Waals surface area contributed by atoms with Gasteiger partial charge in [0.05, 0.1) is 70.7 Å². The van der Waals surface area contributed by atoms with Gasteiger partial charge >= 0.3 is 0 Å². The van der Waals surface area contributed by atoms with E-state index in [2.05, 4.69) is 17.6 Å². The van der Waals surface area contributed by atoms with Crippen molar-refractivity contribution in [1.82, 2.24) is 10.6 Å². The monoisotopic (exact) mass is 978 g/mol. The summed E-state index contributed by atoms with van der Waals surface area (Å²) < 4.78 is 7.02. The molecule has 0 amide bonds. The zero-order valence-corrected chi connectivity index (χ0v) is 41.6. The summed E-state index contributed by atoms with van der Waals surface area (Å²) >= 11 is 0. The highest BCUT2D eigenvalue weighted by Crippen LogP contribution is 2.82. The van der Waals surface area contributed by atoms with E-state index in [0.717, 1.165) is 49.8 Å². The number of aliphatic hydroxyl groups is 10. The molecule has 2 spiro atoms. The summed E-state index contributed by atoms with van der Waals surface area (Å²) in [4.78, 5) is 15.9. The second-order valence-electron chi connectivity index (χ2n) is 24.4. The predicted octanol–water partition coefficient (Wildman–Crippen LogP) is 2.55. The van der Waals surface area contributed by atoms with E-state index >= 15 is 4.79 Å². The number of Topliss-reactive ketones (excluding diaryl/α,β-unsaturated/α-hetero) is 1. The average molecular weight is 978 g/mol. The summed E-state index contributed by atoms with van der Waals surface area (Å²) in [5.41, 5.74) is -5.48. The summed E-state index contributed by atoms with van der Waals surface area (Å²) in [7, 11) is 0. The number of carbonyl (C=O) groups excluding carboxylic acids is 1. The fourth-order valence-electron chi connectivity index (χ4n) is 18.2. The lowest BCUT2D eigenvalue weighted by molar-refractivity contribution is -0.275. The fourth-order valence-corrected chi connectivity index (χ4v) is 18.2. The number of carbonyl (C=O) groups is 1. The molecule has 2 heterocycles. The number of ketones is 1. The summed E-state index contributed by atoms with van der Waals surface area (Å²) in [6.45, 7) is 4.75. The first-order valence-corrected chi connectivity index (χ1v) is 27.1. The smallest absolute Gasteiger partial charge is 0.182 e. The van der Waals surface area contributed by atoms with Gasteiger partial charge in [0.15, 0.2) is 5.78 Å². The zero-order chi connectivity index (χ0) is 50.0. The van der Waals surface area contributed by atoms with E-state index in [0.29, 0.717) is 31.6 Å². The molecule has 11 rings (SSSR count). The number of hydrogen-bond donors (Lipinski definition) is 13. The third-order valence-electron chi connectivity index (χ3n) is 21.0. The molecule has 0 aromatic rings. The van der Waals surface area contributed by atoms with Crippen molar-refractivity contribution in [3.63, 3.8) is 0 Å². The molecular formula is C55H83N3O12. The highest BCUT2D eigenvalue weighted by atomic mass is 16.5. The molecule has 0 aromatic heterocycles. The molecule has 0 radical (unpaired) electrons. The van der Waals surface area contributed by atoms with E-state index in [9.17, 15) is 51.1 Å². The van der Waals surface area contributed by atoms with Crippen molar-refractivity contribution in [1.29, 1.82) is 0 Å². The molecule has 0 aromatic carbocycles. The van der Waals surface area contributed by atoms with Crippen molar-refractivity contribution in [2.45, 2.75) is 202 Å². The Morgan fingerprint density at radius 3 is 2.44 bits per heavy atom. The number of aliphatic hydroxyl groups excluding tert-OH is 6. The van der Waals surface area contributed by atoms with Crippen LogP contribution in [0.1, 0.15) is 136 Å². The van der Waals surface area contributed by atoms with Crippen LogP contribution in [0.25, 0.3) is 0 Å². The maximum absolute atomic E-state index is 15.9. The van der Waals surface area contributed by atoms with E-state index < -0.39 is 111 Å². The topological polar surface area (TPSA) is 279 Å². The van der Waals surface area contributed by atoms with Crippen LogP contribution in [0.2, 0.25) is 0 Å². The average Bonchev–Trinajstić information content (AvgIpc) is 3.61.